The Morgan fingerprint density at radius 1 is 1.08 bits per heavy atom. The van der Waals surface area contributed by atoms with Crippen LogP contribution in [0.3, 0.4) is 0 Å². The van der Waals surface area contributed by atoms with Crippen LogP contribution in [0, 0.1) is 0 Å². The van der Waals surface area contributed by atoms with Gasteiger partial charge in [-0.25, -0.2) is 0 Å². The van der Waals surface area contributed by atoms with E-state index in [2.05, 4.69) is 10.3 Å². The maximum atomic E-state index is 12.7. The van der Waals surface area contributed by atoms with Crippen molar-refractivity contribution in [3.05, 3.63) is 60.3 Å². The molecule has 0 aliphatic heterocycles. The lowest BCUT2D eigenvalue weighted by molar-refractivity contribution is -0.114. The number of fused-ring (bicyclic) bond motifs is 1. The van der Waals surface area contributed by atoms with Gasteiger partial charge in [-0.2, -0.15) is 0 Å². The number of carbonyl (C=O) groups is 2. The Kier molecular flexibility index (Phi) is 4.71. The van der Waals surface area contributed by atoms with Gasteiger partial charge in [0.1, 0.15) is 0 Å². The molecule has 0 saturated heterocycles. The summed E-state index contributed by atoms with van der Waals surface area (Å²) in [6.07, 6.45) is 1.78. The molecule has 0 aliphatic rings. The quantitative estimate of drug-likeness (QED) is 0.532. The zero-order chi connectivity index (χ0) is 17.1. The number of thioether (sulfide) groups is 1. The van der Waals surface area contributed by atoms with Gasteiger partial charge in [0, 0.05) is 40.2 Å². The average Bonchev–Trinajstić information content (AvgIpc) is 2.99. The molecular weight excluding hydrogens is 320 g/mol. The number of anilines is 1. The first-order valence-electron chi connectivity index (χ1n) is 7.69. The fraction of sp³-hybridized carbons (Fsp3) is 0.158. The number of ketones is 1. The summed E-state index contributed by atoms with van der Waals surface area (Å²) in [5.74, 6) is 0.00155. The van der Waals surface area contributed by atoms with Gasteiger partial charge in [0.05, 0.1) is 5.25 Å². The molecule has 3 rings (SSSR count). The number of aromatic amines is 1. The maximum Gasteiger partial charge on any atom is 0.221 e. The summed E-state index contributed by atoms with van der Waals surface area (Å²) in [6.45, 7) is 3.39. The number of nitrogens with one attached hydrogen (secondary N) is 2. The van der Waals surface area contributed by atoms with Gasteiger partial charge in [0.25, 0.3) is 0 Å². The Hall–Kier alpha value is -2.53. The lowest BCUT2D eigenvalue weighted by Gasteiger charge is -2.10. The largest absolute Gasteiger partial charge is 0.360 e. The molecule has 0 radical (unpaired) electrons. The molecule has 24 heavy (non-hydrogen) atoms. The van der Waals surface area contributed by atoms with Crippen molar-refractivity contribution >= 4 is 40.0 Å². The van der Waals surface area contributed by atoms with Gasteiger partial charge in [0.15, 0.2) is 5.78 Å². The van der Waals surface area contributed by atoms with E-state index in [1.165, 1.54) is 18.7 Å². The number of amides is 1. The molecule has 1 aromatic heterocycles. The first-order valence-corrected chi connectivity index (χ1v) is 8.57. The SMILES string of the molecule is CC(=O)Nc1ccc(S[C@H](C)C(=O)c2c[nH]c3ccccc23)cc1. The number of benzene rings is 2. The summed E-state index contributed by atoms with van der Waals surface area (Å²) in [7, 11) is 0. The van der Waals surface area contributed by atoms with Crippen molar-refractivity contribution in [2.45, 2.75) is 24.0 Å². The molecule has 0 aliphatic carbocycles. The normalized spacial score (nSPS) is 12.1. The van der Waals surface area contributed by atoms with E-state index in [0.29, 0.717) is 0 Å². The monoisotopic (exact) mass is 338 g/mol. The van der Waals surface area contributed by atoms with Crippen molar-refractivity contribution in [1.82, 2.24) is 4.98 Å². The van der Waals surface area contributed by atoms with Crippen LogP contribution in [0.1, 0.15) is 24.2 Å². The molecule has 5 heteroatoms. The van der Waals surface area contributed by atoms with Crippen LogP contribution < -0.4 is 5.32 Å². The minimum Gasteiger partial charge on any atom is -0.360 e. The second-order valence-electron chi connectivity index (χ2n) is 5.58. The van der Waals surface area contributed by atoms with Crippen molar-refractivity contribution in [2.24, 2.45) is 0 Å². The molecule has 1 heterocycles. The van der Waals surface area contributed by atoms with Gasteiger partial charge in [-0.15, -0.1) is 11.8 Å². The van der Waals surface area contributed by atoms with E-state index in [1.54, 1.807) is 6.20 Å². The number of para-hydroxylation sites is 1. The predicted octanol–water partition coefficient (Wildman–Crippen LogP) is 4.49. The molecule has 0 bridgehead atoms. The lowest BCUT2D eigenvalue weighted by Crippen LogP contribution is -2.13. The van der Waals surface area contributed by atoms with Gasteiger partial charge in [-0.1, -0.05) is 18.2 Å². The number of aromatic nitrogens is 1. The molecule has 3 aromatic rings. The van der Waals surface area contributed by atoms with Crippen molar-refractivity contribution in [3.8, 4) is 0 Å². The number of hydrogen-bond acceptors (Lipinski definition) is 3. The first kappa shape index (κ1) is 16.3. The first-order chi connectivity index (χ1) is 11.5. The highest BCUT2D eigenvalue weighted by Gasteiger charge is 2.19. The summed E-state index contributed by atoms with van der Waals surface area (Å²) < 4.78 is 0. The molecule has 0 fully saturated rings. The highest BCUT2D eigenvalue weighted by molar-refractivity contribution is 8.00. The fourth-order valence-electron chi connectivity index (χ4n) is 2.57. The Morgan fingerprint density at radius 3 is 2.50 bits per heavy atom. The van der Waals surface area contributed by atoms with Crippen LogP contribution in [-0.4, -0.2) is 21.9 Å². The van der Waals surface area contributed by atoms with Crippen molar-refractivity contribution in [2.75, 3.05) is 5.32 Å². The van der Waals surface area contributed by atoms with Crippen LogP contribution in [0.5, 0.6) is 0 Å². The molecule has 122 valence electrons. The molecule has 2 N–H and O–H groups in total. The molecule has 4 nitrogen and oxygen atoms in total. The Balaban J connectivity index is 1.73. The Labute approximate surface area is 144 Å². The van der Waals surface area contributed by atoms with Crippen LogP contribution in [0.2, 0.25) is 0 Å². The van der Waals surface area contributed by atoms with E-state index < -0.39 is 0 Å². The minimum atomic E-state index is -0.198. The van der Waals surface area contributed by atoms with Crippen LogP contribution in [0.25, 0.3) is 10.9 Å². The summed E-state index contributed by atoms with van der Waals surface area (Å²) in [4.78, 5) is 27.9. The van der Waals surface area contributed by atoms with E-state index in [-0.39, 0.29) is 16.9 Å². The highest BCUT2D eigenvalue weighted by Crippen LogP contribution is 2.29. The summed E-state index contributed by atoms with van der Waals surface area (Å²) in [5.41, 5.74) is 2.45. The van der Waals surface area contributed by atoms with Gasteiger partial charge >= 0.3 is 0 Å². The smallest absolute Gasteiger partial charge is 0.221 e. The molecule has 0 unspecified atom stereocenters. The third-order valence-corrected chi connectivity index (χ3v) is 4.82. The molecule has 0 saturated carbocycles. The molecule has 2 aromatic carbocycles. The van der Waals surface area contributed by atoms with E-state index in [4.69, 9.17) is 0 Å². The second kappa shape index (κ2) is 6.93. The summed E-state index contributed by atoms with van der Waals surface area (Å²) >= 11 is 1.51. The maximum absolute atomic E-state index is 12.7. The van der Waals surface area contributed by atoms with Gasteiger partial charge in [0.2, 0.25) is 5.91 Å². The highest BCUT2D eigenvalue weighted by atomic mass is 32.2. The van der Waals surface area contributed by atoms with Gasteiger partial charge < -0.3 is 10.3 Å². The third-order valence-electron chi connectivity index (χ3n) is 3.71. The Bertz CT molecular complexity index is 884. The van der Waals surface area contributed by atoms with Crippen LogP contribution in [0.15, 0.2) is 59.6 Å². The van der Waals surface area contributed by atoms with Gasteiger partial charge in [-0.05, 0) is 37.3 Å². The second-order valence-corrected chi connectivity index (χ2v) is 6.99. The van der Waals surface area contributed by atoms with Crippen LogP contribution in [0.4, 0.5) is 5.69 Å². The summed E-state index contributed by atoms with van der Waals surface area (Å²) in [6, 6.07) is 15.3. The fourth-order valence-corrected chi connectivity index (χ4v) is 3.51. The van der Waals surface area contributed by atoms with E-state index in [9.17, 15) is 9.59 Å². The van der Waals surface area contributed by atoms with Gasteiger partial charge in [-0.3, -0.25) is 9.59 Å². The summed E-state index contributed by atoms with van der Waals surface area (Å²) in [5, 5.41) is 3.49. The number of hydrogen-bond donors (Lipinski definition) is 2. The zero-order valence-electron chi connectivity index (χ0n) is 13.5. The van der Waals surface area contributed by atoms with E-state index >= 15 is 0 Å². The van der Waals surface area contributed by atoms with Crippen LogP contribution in [-0.2, 0) is 4.79 Å². The van der Waals surface area contributed by atoms with Crippen molar-refractivity contribution in [3.63, 3.8) is 0 Å². The predicted molar refractivity (Wildman–Crippen MR) is 98.7 cm³/mol. The topological polar surface area (TPSA) is 62.0 Å². The molecular formula is C19H18N2O2S. The standard InChI is InChI=1S/C19H18N2O2S/c1-12(24-15-9-7-14(8-10-15)21-13(2)22)19(23)17-11-20-18-6-4-3-5-16(17)18/h3-12,20H,1-2H3,(H,21,22)/t12-/m1/s1. The number of Topliss-reactive ketones (excluding diaryl/α,β-unsaturated/α-hetero) is 1. The molecule has 1 atom stereocenters. The zero-order valence-corrected chi connectivity index (χ0v) is 14.3. The van der Waals surface area contributed by atoms with Crippen LogP contribution >= 0.6 is 11.8 Å². The minimum absolute atomic E-state index is 0.0988. The van der Waals surface area contributed by atoms with Crippen molar-refractivity contribution in [1.29, 1.82) is 0 Å². The number of H-pyrrole nitrogens is 1. The van der Waals surface area contributed by atoms with Crippen molar-refractivity contribution < 1.29 is 9.59 Å². The third kappa shape index (κ3) is 3.51. The molecule has 0 spiro atoms. The Morgan fingerprint density at radius 2 is 1.79 bits per heavy atom. The van der Waals surface area contributed by atoms with E-state index in [1.807, 2.05) is 55.5 Å². The average molecular weight is 338 g/mol. The number of rotatable bonds is 5. The lowest BCUT2D eigenvalue weighted by atomic mass is 10.1. The molecule has 1 amide bonds. The number of carbonyl (C=O) groups excluding carboxylic acids is 2. The van der Waals surface area contributed by atoms with E-state index in [0.717, 1.165) is 27.0 Å².